The van der Waals surface area contributed by atoms with Crippen LogP contribution >= 0.6 is 0 Å². The third kappa shape index (κ3) is 7.58. The van der Waals surface area contributed by atoms with E-state index in [0.717, 1.165) is 12.0 Å². The second-order valence-electron chi connectivity index (χ2n) is 5.72. The number of esters is 1. The summed E-state index contributed by atoms with van der Waals surface area (Å²) in [6.07, 6.45) is 4.12. The molecule has 1 aromatic carbocycles. The maximum absolute atomic E-state index is 12.9. The van der Waals surface area contributed by atoms with Crippen molar-refractivity contribution in [2.45, 2.75) is 26.7 Å². The van der Waals surface area contributed by atoms with Crippen LogP contribution in [-0.2, 0) is 14.3 Å². The number of benzene rings is 1. The molecule has 1 amide bonds. The molecule has 1 rings (SSSR count). The third-order valence-corrected chi connectivity index (χ3v) is 3.39. The van der Waals surface area contributed by atoms with Gasteiger partial charge in [-0.15, -0.1) is 0 Å². The van der Waals surface area contributed by atoms with Crippen LogP contribution in [0.5, 0.6) is 0 Å². The van der Waals surface area contributed by atoms with E-state index in [1.54, 1.807) is 23.1 Å². The van der Waals surface area contributed by atoms with Gasteiger partial charge in [-0.1, -0.05) is 26.0 Å². The Morgan fingerprint density at radius 1 is 1.22 bits per heavy atom. The van der Waals surface area contributed by atoms with E-state index in [-0.39, 0.29) is 24.1 Å². The highest BCUT2D eigenvalue weighted by molar-refractivity contribution is 5.92. The van der Waals surface area contributed by atoms with E-state index in [1.165, 1.54) is 25.3 Å². The average molecular weight is 321 g/mol. The van der Waals surface area contributed by atoms with Gasteiger partial charge < -0.3 is 9.64 Å². The second-order valence-corrected chi connectivity index (χ2v) is 5.72. The fourth-order valence-corrected chi connectivity index (χ4v) is 1.92. The van der Waals surface area contributed by atoms with Gasteiger partial charge in [0.1, 0.15) is 5.82 Å². The minimum Gasteiger partial charge on any atom is -0.469 e. The van der Waals surface area contributed by atoms with E-state index in [9.17, 15) is 14.0 Å². The normalized spacial score (nSPS) is 11.0. The first-order valence-electron chi connectivity index (χ1n) is 7.71. The number of methoxy groups -OCH3 is 1. The van der Waals surface area contributed by atoms with Gasteiger partial charge in [0.2, 0.25) is 5.91 Å². The molecule has 0 aromatic heterocycles. The highest BCUT2D eigenvalue weighted by Crippen LogP contribution is 2.08. The summed E-state index contributed by atoms with van der Waals surface area (Å²) in [4.78, 5) is 25.2. The van der Waals surface area contributed by atoms with E-state index < -0.39 is 0 Å². The lowest BCUT2D eigenvalue weighted by Gasteiger charge is -2.21. The van der Waals surface area contributed by atoms with Crippen molar-refractivity contribution >= 4 is 18.0 Å². The Hall–Kier alpha value is -2.17. The number of nitrogens with zero attached hydrogens (tertiary/aromatic N) is 1. The molecule has 0 saturated carbocycles. The molecule has 23 heavy (non-hydrogen) atoms. The smallest absolute Gasteiger partial charge is 0.307 e. The van der Waals surface area contributed by atoms with E-state index >= 15 is 0 Å². The molecule has 0 aliphatic heterocycles. The molecule has 126 valence electrons. The summed E-state index contributed by atoms with van der Waals surface area (Å²) in [5.74, 6) is -0.358. The minimum atomic E-state index is -0.338. The number of carbonyl (C=O) groups excluding carboxylic acids is 2. The standard InChI is InChI=1S/C18H24FNO3/c1-14(2)10-12-20(13-11-18(22)23-3)17(21)9-6-15-4-7-16(19)8-5-15/h4-9,14H,10-13H2,1-3H3/b9-6+. The molecule has 5 heteroatoms. The van der Waals surface area contributed by atoms with Crippen molar-refractivity contribution in [2.75, 3.05) is 20.2 Å². The minimum absolute atomic E-state index is 0.168. The number of carbonyl (C=O) groups is 2. The molecule has 0 bridgehead atoms. The zero-order valence-electron chi connectivity index (χ0n) is 13.9. The van der Waals surface area contributed by atoms with Crippen LogP contribution in [-0.4, -0.2) is 37.0 Å². The molecule has 0 atom stereocenters. The van der Waals surface area contributed by atoms with Crippen molar-refractivity contribution in [3.05, 3.63) is 41.7 Å². The molecule has 0 unspecified atom stereocenters. The fourth-order valence-electron chi connectivity index (χ4n) is 1.92. The Morgan fingerprint density at radius 3 is 2.43 bits per heavy atom. The first kappa shape index (κ1) is 18.9. The lowest BCUT2D eigenvalue weighted by atomic mass is 10.1. The predicted octanol–water partition coefficient (Wildman–Crippen LogP) is 3.28. The lowest BCUT2D eigenvalue weighted by Crippen LogP contribution is -2.33. The maximum atomic E-state index is 12.9. The molecule has 0 spiro atoms. The van der Waals surface area contributed by atoms with Crippen LogP contribution in [0.2, 0.25) is 0 Å². The SMILES string of the molecule is COC(=O)CCN(CCC(C)C)C(=O)/C=C/c1ccc(F)cc1. The summed E-state index contributed by atoms with van der Waals surface area (Å²) in [5.41, 5.74) is 0.747. The van der Waals surface area contributed by atoms with E-state index in [4.69, 9.17) is 0 Å². The van der Waals surface area contributed by atoms with Gasteiger partial charge in [-0.25, -0.2) is 4.39 Å². The van der Waals surface area contributed by atoms with Crippen LogP contribution in [0.3, 0.4) is 0 Å². The van der Waals surface area contributed by atoms with Crippen molar-refractivity contribution in [2.24, 2.45) is 5.92 Å². The first-order chi connectivity index (χ1) is 10.9. The second kappa shape index (κ2) is 9.77. The molecule has 0 aliphatic carbocycles. The largest absolute Gasteiger partial charge is 0.469 e. The van der Waals surface area contributed by atoms with Gasteiger partial charge in [0.05, 0.1) is 13.5 Å². The Labute approximate surface area is 136 Å². The number of hydrogen-bond donors (Lipinski definition) is 0. The zero-order chi connectivity index (χ0) is 17.2. The molecular weight excluding hydrogens is 297 g/mol. The summed E-state index contributed by atoms with van der Waals surface area (Å²) >= 11 is 0. The van der Waals surface area contributed by atoms with Gasteiger partial charge in [-0.2, -0.15) is 0 Å². The summed E-state index contributed by atoms with van der Waals surface area (Å²) in [7, 11) is 1.33. The molecule has 1 aromatic rings. The van der Waals surface area contributed by atoms with Crippen molar-refractivity contribution in [1.29, 1.82) is 0 Å². The Balaban J connectivity index is 2.68. The van der Waals surface area contributed by atoms with Gasteiger partial charge >= 0.3 is 5.97 Å². The number of ether oxygens (including phenoxy) is 1. The molecule has 0 radical (unpaired) electrons. The number of hydrogen-bond acceptors (Lipinski definition) is 3. The topological polar surface area (TPSA) is 46.6 Å². The van der Waals surface area contributed by atoms with Gasteiger partial charge in [-0.3, -0.25) is 9.59 Å². The van der Waals surface area contributed by atoms with Crippen LogP contribution in [0.25, 0.3) is 6.08 Å². The highest BCUT2D eigenvalue weighted by atomic mass is 19.1. The highest BCUT2D eigenvalue weighted by Gasteiger charge is 2.13. The van der Waals surface area contributed by atoms with Crippen molar-refractivity contribution < 1.29 is 18.7 Å². The quantitative estimate of drug-likeness (QED) is 0.545. The van der Waals surface area contributed by atoms with Gasteiger partial charge in [0, 0.05) is 19.2 Å². The van der Waals surface area contributed by atoms with Crippen molar-refractivity contribution in [1.82, 2.24) is 4.90 Å². The van der Waals surface area contributed by atoms with Gasteiger partial charge in [0.15, 0.2) is 0 Å². The Morgan fingerprint density at radius 2 is 1.87 bits per heavy atom. The Kier molecular flexibility index (Phi) is 8.02. The van der Waals surface area contributed by atoms with Crippen LogP contribution in [0.4, 0.5) is 4.39 Å². The molecule has 0 aliphatic rings. The van der Waals surface area contributed by atoms with Crippen LogP contribution in [0.15, 0.2) is 30.3 Å². The number of halogens is 1. The van der Waals surface area contributed by atoms with Crippen LogP contribution in [0.1, 0.15) is 32.3 Å². The van der Waals surface area contributed by atoms with Crippen LogP contribution in [0, 0.1) is 11.7 Å². The summed E-state index contributed by atoms with van der Waals surface area (Å²) < 4.78 is 17.5. The zero-order valence-corrected chi connectivity index (χ0v) is 13.9. The number of amides is 1. The third-order valence-electron chi connectivity index (χ3n) is 3.39. The number of rotatable bonds is 8. The van der Waals surface area contributed by atoms with Crippen molar-refractivity contribution in [3.63, 3.8) is 0 Å². The van der Waals surface area contributed by atoms with E-state index in [0.29, 0.717) is 19.0 Å². The maximum Gasteiger partial charge on any atom is 0.307 e. The summed E-state index contributed by atoms with van der Waals surface area (Å²) in [5, 5.41) is 0. The molecular formula is C18H24FNO3. The molecule has 0 N–H and O–H groups in total. The molecule has 0 fully saturated rings. The van der Waals surface area contributed by atoms with Gasteiger partial charge in [-0.05, 0) is 36.1 Å². The molecule has 0 heterocycles. The first-order valence-corrected chi connectivity index (χ1v) is 7.71. The molecule has 0 saturated heterocycles. The van der Waals surface area contributed by atoms with E-state index in [1.807, 2.05) is 0 Å². The monoisotopic (exact) mass is 321 g/mol. The average Bonchev–Trinajstić information content (AvgIpc) is 2.53. The molecule has 4 nitrogen and oxygen atoms in total. The van der Waals surface area contributed by atoms with Crippen molar-refractivity contribution in [3.8, 4) is 0 Å². The Bertz CT molecular complexity index is 538. The predicted molar refractivity (Wildman–Crippen MR) is 88.1 cm³/mol. The fraction of sp³-hybridized carbons (Fsp3) is 0.444. The summed E-state index contributed by atoms with van der Waals surface area (Å²) in [6.45, 7) is 5.07. The summed E-state index contributed by atoms with van der Waals surface area (Å²) in [6, 6.07) is 5.90. The van der Waals surface area contributed by atoms with Crippen LogP contribution < -0.4 is 0 Å². The van der Waals surface area contributed by atoms with E-state index in [2.05, 4.69) is 18.6 Å². The lowest BCUT2D eigenvalue weighted by molar-refractivity contribution is -0.141. The van der Waals surface area contributed by atoms with Gasteiger partial charge in [0.25, 0.3) is 0 Å².